The fourth-order valence-electron chi connectivity index (χ4n) is 0.806. The molecular formula is C7H6ClN3O. The summed E-state index contributed by atoms with van der Waals surface area (Å²) in [5, 5.41) is 13.0. The Morgan fingerprint density at radius 3 is 2.92 bits per heavy atom. The molecule has 0 aliphatic rings. The van der Waals surface area contributed by atoms with E-state index >= 15 is 0 Å². The number of azide groups is 1. The van der Waals surface area contributed by atoms with Crippen molar-refractivity contribution in [1.29, 1.82) is 0 Å². The minimum absolute atomic E-state index is 0.0508. The number of benzene rings is 1. The fourth-order valence-corrected chi connectivity index (χ4v) is 1.04. The maximum absolute atomic E-state index is 9.25. The Bertz CT molecular complexity index is 313. The lowest BCUT2D eigenvalue weighted by atomic mass is 10.2. The third-order valence-corrected chi connectivity index (χ3v) is 1.74. The van der Waals surface area contributed by atoms with E-state index in [1.54, 1.807) is 12.1 Å². The average Bonchev–Trinajstić information content (AvgIpc) is 2.04. The van der Waals surface area contributed by atoms with Crippen LogP contribution in [0.1, 0.15) is 5.56 Å². The minimum atomic E-state index is 0.0508. The highest BCUT2D eigenvalue weighted by Gasteiger charge is 2.03. The van der Waals surface area contributed by atoms with Gasteiger partial charge in [-0.2, -0.15) is 0 Å². The van der Waals surface area contributed by atoms with Crippen LogP contribution in [-0.2, 0) is 6.54 Å². The van der Waals surface area contributed by atoms with Crippen LogP contribution >= 0.6 is 11.6 Å². The molecular weight excluding hydrogens is 178 g/mol. The van der Waals surface area contributed by atoms with E-state index in [1.165, 1.54) is 6.07 Å². The highest BCUT2D eigenvalue weighted by Crippen LogP contribution is 2.25. The molecule has 0 aliphatic heterocycles. The first-order chi connectivity index (χ1) is 5.75. The zero-order valence-electron chi connectivity index (χ0n) is 6.11. The van der Waals surface area contributed by atoms with Gasteiger partial charge in [0.1, 0.15) is 5.75 Å². The first kappa shape index (κ1) is 8.71. The van der Waals surface area contributed by atoms with Gasteiger partial charge in [-0.1, -0.05) is 22.8 Å². The molecule has 0 amide bonds. The summed E-state index contributed by atoms with van der Waals surface area (Å²) in [6, 6.07) is 4.74. The van der Waals surface area contributed by atoms with Crippen LogP contribution < -0.4 is 0 Å². The summed E-state index contributed by atoms with van der Waals surface area (Å²) in [4.78, 5) is 2.57. The van der Waals surface area contributed by atoms with Crippen molar-refractivity contribution in [2.45, 2.75) is 6.54 Å². The van der Waals surface area contributed by atoms with Gasteiger partial charge in [0.05, 0.1) is 6.54 Å². The molecule has 5 heteroatoms. The van der Waals surface area contributed by atoms with E-state index < -0.39 is 0 Å². The molecule has 1 rings (SSSR count). The van der Waals surface area contributed by atoms with Crippen molar-refractivity contribution in [2.24, 2.45) is 5.11 Å². The van der Waals surface area contributed by atoms with Gasteiger partial charge >= 0.3 is 0 Å². The van der Waals surface area contributed by atoms with Crippen LogP contribution in [0.4, 0.5) is 0 Å². The predicted molar refractivity (Wildman–Crippen MR) is 46.0 cm³/mol. The first-order valence-corrected chi connectivity index (χ1v) is 3.60. The molecule has 0 aliphatic carbocycles. The number of halogens is 1. The molecule has 0 saturated carbocycles. The number of phenols is 1. The maximum atomic E-state index is 9.25. The molecule has 4 nitrogen and oxygen atoms in total. The molecule has 0 unspecified atom stereocenters. The van der Waals surface area contributed by atoms with Gasteiger partial charge in [0.15, 0.2) is 0 Å². The van der Waals surface area contributed by atoms with E-state index in [0.29, 0.717) is 10.6 Å². The summed E-state index contributed by atoms with van der Waals surface area (Å²) in [7, 11) is 0. The van der Waals surface area contributed by atoms with Crippen molar-refractivity contribution < 1.29 is 5.11 Å². The van der Waals surface area contributed by atoms with Crippen molar-refractivity contribution in [2.75, 3.05) is 0 Å². The lowest BCUT2D eigenvalue weighted by Crippen LogP contribution is -1.82. The Morgan fingerprint density at radius 1 is 1.58 bits per heavy atom. The van der Waals surface area contributed by atoms with E-state index in [-0.39, 0.29) is 12.3 Å². The Labute approximate surface area is 74.0 Å². The molecule has 62 valence electrons. The number of nitrogens with zero attached hydrogens (tertiary/aromatic N) is 3. The lowest BCUT2D eigenvalue weighted by molar-refractivity contribution is 0.468. The van der Waals surface area contributed by atoms with Gasteiger partial charge in [-0.3, -0.25) is 0 Å². The Kier molecular flexibility index (Phi) is 2.80. The normalized spacial score (nSPS) is 9.08. The highest BCUT2D eigenvalue weighted by atomic mass is 35.5. The Morgan fingerprint density at radius 2 is 2.33 bits per heavy atom. The standard InChI is InChI=1S/C7H6ClN3O/c8-6-2-1-3-7(12)5(6)4-10-11-9/h1-3,12H,4H2. The third-order valence-electron chi connectivity index (χ3n) is 1.39. The summed E-state index contributed by atoms with van der Waals surface area (Å²) in [5.41, 5.74) is 8.50. The van der Waals surface area contributed by atoms with Crippen molar-refractivity contribution in [3.05, 3.63) is 39.2 Å². The summed E-state index contributed by atoms with van der Waals surface area (Å²) < 4.78 is 0. The molecule has 0 atom stereocenters. The predicted octanol–water partition coefficient (Wildman–Crippen LogP) is 2.86. The van der Waals surface area contributed by atoms with E-state index in [1.807, 2.05) is 0 Å². The number of aromatic hydroxyl groups is 1. The van der Waals surface area contributed by atoms with Gasteiger partial charge < -0.3 is 5.11 Å². The molecule has 0 aromatic heterocycles. The number of phenolic OH excluding ortho intramolecular Hbond substituents is 1. The van der Waals surface area contributed by atoms with Crippen molar-refractivity contribution >= 4 is 11.6 Å². The van der Waals surface area contributed by atoms with E-state index in [9.17, 15) is 5.11 Å². The summed E-state index contributed by atoms with van der Waals surface area (Å²) >= 11 is 5.72. The molecule has 1 aromatic rings. The van der Waals surface area contributed by atoms with E-state index in [0.717, 1.165) is 0 Å². The number of rotatable bonds is 2. The third kappa shape index (κ3) is 1.81. The number of hydrogen-bond donors (Lipinski definition) is 1. The molecule has 1 N–H and O–H groups in total. The summed E-state index contributed by atoms with van der Waals surface area (Å²) in [6.45, 7) is 0.0714. The van der Waals surface area contributed by atoms with Crippen LogP contribution in [0, 0.1) is 0 Å². The van der Waals surface area contributed by atoms with Gasteiger partial charge in [-0.25, -0.2) is 0 Å². The van der Waals surface area contributed by atoms with Crippen LogP contribution in [0.15, 0.2) is 23.3 Å². The van der Waals surface area contributed by atoms with Gasteiger partial charge in [-0.05, 0) is 17.7 Å². The molecule has 0 bridgehead atoms. The largest absolute Gasteiger partial charge is 0.508 e. The van der Waals surface area contributed by atoms with Crippen LogP contribution in [0.3, 0.4) is 0 Å². The second-order valence-electron chi connectivity index (χ2n) is 2.13. The Balaban J connectivity index is 3.03. The van der Waals surface area contributed by atoms with E-state index in [2.05, 4.69) is 10.0 Å². The van der Waals surface area contributed by atoms with Gasteiger partial charge in [0, 0.05) is 15.5 Å². The first-order valence-electron chi connectivity index (χ1n) is 3.23. The van der Waals surface area contributed by atoms with E-state index in [4.69, 9.17) is 17.1 Å². The van der Waals surface area contributed by atoms with Crippen LogP contribution in [0.25, 0.3) is 10.4 Å². The zero-order valence-corrected chi connectivity index (χ0v) is 6.86. The highest BCUT2D eigenvalue weighted by molar-refractivity contribution is 6.31. The number of hydrogen-bond acceptors (Lipinski definition) is 2. The smallest absolute Gasteiger partial charge is 0.120 e. The fraction of sp³-hybridized carbons (Fsp3) is 0.143. The lowest BCUT2D eigenvalue weighted by Gasteiger charge is -2.01. The quantitative estimate of drug-likeness (QED) is 0.428. The van der Waals surface area contributed by atoms with Crippen molar-refractivity contribution in [1.82, 2.24) is 0 Å². The monoisotopic (exact) mass is 183 g/mol. The summed E-state index contributed by atoms with van der Waals surface area (Å²) in [6.07, 6.45) is 0. The van der Waals surface area contributed by atoms with Gasteiger partial charge in [-0.15, -0.1) is 0 Å². The van der Waals surface area contributed by atoms with Gasteiger partial charge in [0.25, 0.3) is 0 Å². The maximum Gasteiger partial charge on any atom is 0.120 e. The second-order valence-corrected chi connectivity index (χ2v) is 2.53. The topological polar surface area (TPSA) is 69.0 Å². The van der Waals surface area contributed by atoms with Crippen molar-refractivity contribution in [3.63, 3.8) is 0 Å². The molecule has 0 radical (unpaired) electrons. The van der Waals surface area contributed by atoms with Crippen LogP contribution in [-0.4, -0.2) is 5.11 Å². The minimum Gasteiger partial charge on any atom is -0.508 e. The molecule has 1 aromatic carbocycles. The zero-order chi connectivity index (χ0) is 8.97. The second kappa shape index (κ2) is 3.85. The van der Waals surface area contributed by atoms with Crippen LogP contribution in [0.5, 0.6) is 5.75 Å². The SMILES string of the molecule is [N-]=[N+]=NCc1c(O)cccc1Cl. The summed E-state index contributed by atoms with van der Waals surface area (Å²) in [5.74, 6) is 0.0508. The molecule has 12 heavy (non-hydrogen) atoms. The Hall–Kier alpha value is -1.38. The molecule has 0 fully saturated rings. The van der Waals surface area contributed by atoms with Crippen molar-refractivity contribution in [3.8, 4) is 5.75 Å². The molecule has 0 spiro atoms. The van der Waals surface area contributed by atoms with Crippen LogP contribution in [0.2, 0.25) is 5.02 Å². The average molecular weight is 184 g/mol. The van der Waals surface area contributed by atoms with Gasteiger partial charge in [0.2, 0.25) is 0 Å². The molecule has 0 saturated heterocycles. The molecule has 0 heterocycles.